The van der Waals surface area contributed by atoms with Crippen LogP contribution in [-0.4, -0.2) is 11.5 Å². The minimum absolute atomic E-state index is 0.0777. The molecule has 2 rings (SSSR count). The molecule has 0 aromatic heterocycles. The van der Waals surface area contributed by atoms with E-state index in [0.29, 0.717) is 5.56 Å². The van der Waals surface area contributed by atoms with Crippen LogP contribution in [0.5, 0.6) is 11.5 Å². The molecule has 0 amide bonds. The number of rotatable bonds is 6. The highest BCUT2D eigenvalue weighted by molar-refractivity contribution is 7.48. The zero-order valence-corrected chi connectivity index (χ0v) is 18.4. The SMILES string of the molecule is CCO[PH](=O)c1cc(Oc2ccc(C(F)(F)F)cc2Cl)c(C(C)(C)C)cc1[N+](=O)[O-]. The monoisotopic (exact) mass is 465 g/mol. The molecule has 164 valence electrons. The highest BCUT2D eigenvalue weighted by Gasteiger charge is 2.32. The molecule has 1 atom stereocenters. The van der Waals surface area contributed by atoms with Gasteiger partial charge in [-0.2, -0.15) is 13.2 Å². The van der Waals surface area contributed by atoms with Crippen molar-refractivity contribution >= 4 is 30.6 Å². The van der Waals surface area contributed by atoms with Crippen LogP contribution in [0, 0.1) is 10.1 Å². The second-order valence-electron chi connectivity index (χ2n) is 7.34. The van der Waals surface area contributed by atoms with Crippen LogP contribution in [0.15, 0.2) is 30.3 Å². The van der Waals surface area contributed by atoms with Gasteiger partial charge < -0.3 is 9.26 Å². The van der Waals surface area contributed by atoms with Crippen molar-refractivity contribution in [2.24, 2.45) is 0 Å². The van der Waals surface area contributed by atoms with Gasteiger partial charge in [0, 0.05) is 17.7 Å². The first kappa shape index (κ1) is 24.2. The van der Waals surface area contributed by atoms with E-state index in [0.717, 1.165) is 18.2 Å². The zero-order chi connectivity index (χ0) is 22.9. The van der Waals surface area contributed by atoms with Crippen molar-refractivity contribution in [2.75, 3.05) is 6.61 Å². The molecule has 0 aliphatic rings. The standard InChI is InChI=1S/C19H20ClF3NO5P/c1-5-28-30(27)17-10-16(12(18(2,3)4)9-14(17)24(25)26)29-15-7-6-11(8-13(15)20)19(21,22)23/h6-10,30H,5H2,1-4H3. The Bertz CT molecular complexity index is 989. The number of hydrogen-bond acceptors (Lipinski definition) is 5. The molecule has 0 N–H and O–H groups in total. The van der Waals surface area contributed by atoms with Crippen LogP contribution in [0.1, 0.15) is 38.8 Å². The molecular weight excluding hydrogens is 446 g/mol. The van der Waals surface area contributed by atoms with Crippen molar-refractivity contribution in [1.29, 1.82) is 0 Å². The van der Waals surface area contributed by atoms with E-state index in [1.807, 2.05) is 0 Å². The lowest BCUT2D eigenvalue weighted by Gasteiger charge is -2.23. The molecule has 0 bridgehead atoms. The van der Waals surface area contributed by atoms with Gasteiger partial charge in [-0.25, -0.2) is 0 Å². The van der Waals surface area contributed by atoms with Crippen molar-refractivity contribution < 1.29 is 31.9 Å². The molecule has 0 aliphatic carbocycles. The number of benzene rings is 2. The largest absolute Gasteiger partial charge is 0.455 e. The molecule has 1 unspecified atom stereocenters. The van der Waals surface area contributed by atoms with Gasteiger partial charge in [-0.15, -0.1) is 0 Å². The summed E-state index contributed by atoms with van der Waals surface area (Å²) in [6.07, 6.45) is -4.57. The summed E-state index contributed by atoms with van der Waals surface area (Å²) in [5.41, 5.74) is -1.58. The van der Waals surface area contributed by atoms with Crippen LogP contribution in [0.3, 0.4) is 0 Å². The summed E-state index contributed by atoms with van der Waals surface area (Å²) in [4.78, 5) is 10.9. The molecule has 0 spiro atoms. The number of halogens is 4. The number of nitro benzene ring substituents is 1. The van der Waals surface area contributed by atoms with E-state index >= 15 is 0 Å². The fourth-order valence-electron chi connectivity index (χ4n) is 2.64. The number of nitrogens with zero attached hydrogens (tertiary/aromatic N) is 1. The normalized spacial score (nSPS) is 13.2. The van der Waals surface area contributed by atoms with Crippen molar-refractivity contribution in [1.82, 2.24) is 0 Å². The maximum Gasteiger partial charge on any atom is 0.416 e. The van der Waals surface area contributed by atoms with Crippen LogP contribution >= 0.6 is 19.6 Å². The average Bonchev–Trinajstić information content (AvgIpc) is 2.61. The first-order chi connectivity index (χ1) is 13.8. The van der Waals surface area contributed by atoms with Crippen molar-refractivity contribution in [3.63, 3.8) is 0 Å². The Morgan fingerprint density at radius 2 is 1.77 bits per heavy atom. The third-order valence-electron chi connectivity index (χ3n) is 4.08. The number of ether oxygens (including phenoxy) is 1. The predicted molar refractivity (Wildman–Crippen MR) is 109 cm³/mol. The summed E-state index contributed by atoms with van der Waals surface area (Å²) in [7, 11) is -2.96. The van der Waals surface area contributed by atoms with Gasteiger partial charge in [0.05, 0.1) is 22.1 Å². The van der Waals surface area contributed by atoms with Gasteiger partial charge in [-0.1, -0.05) is 32.4 Å². The highest BCUT2D eigenvalue weighted by atomic mass is 35.5. The Balaban J connectivity index is 2.64. The topological polar surface area (TPSA) is 78.7 Å². The van der Waals surface area contributed by atoms with E-state index < -0.39 is 30.1 Å². The minimum Gasteiger partial charge on any atom is -0.455 e. The van der Waals surface area contributed by atoms with E-state index in [2.05, 4.69) is 0 Å². The summed E-state index contributed by atoms with van der Waals surface area (Å²) in [5.74, 6) is 0.00821. The van der Waals surface area contributed by atoms with Crippen LogP contribution in [0.25, 0.3) is 0 Å². The van der Waals surface area contributed by atoms with Gasteiger partial charge in [0.15, 0.2) is 0 Å². The predicted octanol–water partition coefficient (Wildman–Crippen LogP) is 6.49. The summed E-state index contributed by atoms with van der Waals surface area (Å²) >= 11 is 5.97. The third kappa shape index (κ3) is 5.53. The quantitative estimate of drug-likeness (QED) is 0.276. The molecule has 2 aromatic carbocycles. The molecule has 0 fully saturated rings. The van der Waals surface area contributed by atoms with E-state index in [1.165, 1.54) is 12.1 Å². The minimum atomic E-state index is -4.57. The molecule has 0 radical (unpaired) electrons. The molecule has 11 heteroatoms. The Morgan fingerprint density at radius 3 is 2.23 bits per heavy atom. The first-order valence-corrected chi connectivity index (χ1v) is 10.5. The van der Waals surface area contributed by atoms with Gasteiger partial charge in [0.2, 0.25) is 8.03 Å². The Labute approximate surface area is 177 Å². The zero-order valence-electron chi connectivity index (χ0n) is 16.6. The molecule has 0 saturated heterocycles. The molecule has 0 saturated carbocycles. The summed E-state index contributed by atoms with van der Waals surface area (Å²) < 4.78 is 61.8. The van der Waals surface area contributed by atoms with E-state index in [-0.39, 0.29) is 34.1 Å². The molecule has 0 heterocycles. The molecule has 0 aliphatic heterocycles. The van der Waals surface area contributed by atoms with Gasteiger partial charge in [0.25, 0.3) is 5.69 Å². The number of alkyl halides is 3. The molecule has 30 heavy (non-hydrogen) atoms. The van der Waals surface area contributed by atoms with Crippen LogP contribution in [0.2, 0.25) is 5.02 Å². The Kier molecular flexibility index (Phi) is 7.22. The second-order valence-corrected chi connectivity index (χ2v) is 9.15. The molecular formula is C19H20ClF3NO5P. The smallest absolute Gasteiger partial charge is 0.416 e. The lowest BCUT2D eigenvalue weighted by molar-refractivity contribution is -0.383. The second kappa shape index (κ2) is 8.96. The average molecular weight is 466 g/mol. The highest BCUT2D eigenvalue weighted by Crippen LogP contribution is 2.42. The maximum atomic E-state index is 12.9. The van der Waals surface area contributed by atoms with Crippen molar-refractivity contribution in [3.8, 4) is 11.5 Å². The number of hydrogen-bond donors (Lipinski definition) is 0. The molecule has 2 aromatic rings. The fraction of sp³-hybridized carbons (Fsp3) is 0.368. The van der Waals surface area contributed by atoms with E-state index in [1.54, 1.807) is 27.7 Å². The van der Waals surface area contributed by atoms with E-state index in [4.69, 9.17) is 20.9 Å². The summed E-state index contributed by atoms with van der Waals surface area (Å²) in [5, 5.41) is 11.1. The van der Waals surface area contributed by atoms with Crippen LogP contribution in [0.4, 0.5) is 18.9 Å². The van der Waals surface area contributed by atoms with E-state index in [9.17, 15) is 27.9 Å². The summed E-state index contributed by atoms with van der Waals surface area (Å²) in [6.45, 7) is 7.00. The van der Waals surface area contributed by atoms with Gasteiger partial charge >= 0.3 is 6.18 Å². The van der Waals surface area contributed by atoms with Crippen molar-refractivity contribution in [2.45, 2.75) is 39.3 Å². The Hall–Kier alpha value is -2.09. The third-order valence-corrected chi connectivity index (χ3v) is 5.76. The number of nitro groups is 1. The maximum absolute atomic E-state index is 12.9. The fourth-order valence-corrected chi connectivity index (χ4v) is 3.90. The van der Waals surface area contributed by atoms with Gasteiger partial charge in [-0.3, -0.25) is 14.7 Å². The van der Waals surface area contributed by atoms with Gasteiger partial charge in [-0.05, 0) is 30.5 Å². The lowest BCUT2D eigenvalue weighted by Crippen LogP contribution is -2.17. The van der Waals surface area contributed by atoms with Gasteiger partial charge in [0.1, 0.15) is 16.8 Å². The summed E-state index contributed by atoms with van der Waals surface area (Å²) in [6, 6.07) is 5.06. The lowest BCUT2D eigenvalue weighted by atomic mass is 9.86. The van der Waals surface area contributed by atoms with Crippen molar-refractivity contribution in [3.05, 3.63) is 56.6 Å². The first-order valence-electron chi connectivity index (χ1n) is 8.80. The Morgan fingerprint density at radius 1 is 1.13 bits per heavy atom. The molecule has 6 nitrogen and oxygen atoms in total. The van der Waals surface area contributed by atoms with Crippen LogP contribution in [-0.2, 0) is 20.7 Å². The van der Waals surface area contributed by atoms with Crippen LogP contribution < -0.4 is 10.0 Å².